The molecule has 1 heterocycles. The van der Waals surface area contributed by atoms with Gasteiger partial charge in [-0.2, -0.15) is 0 Å². The molecule has 32 heavy (non-hydrogen) atoms. The molecule has 0 aliphatic heterocycles. The number of nitrogens with zero attached hydrogens (tertiary/aromatic N) is 3. The average Bonchev–Trinajstić information content (AvgIpc) is 3.18. The molecular weight excluding hydrogens is 469 g/mol. The van der Waals surface area contributed by atoms with E-state index in [1.165, 1.54) is 19.2 Å². The van der Waals surface area contributed by atoms with Crippen LogP contribution in [0.1, 0.15) is 26.5 Å². The van der Waals surface area contributed by atoms with Crippen molar-refractivity contribution >= 4 is 46.9 Å². The molecule has 1 atom stereocenters. The van der Waals surface area contributed by atoms with Gasteiger partial charge in [-0.15, -0.1) is 0 Å². The van der Waals surface area contributed by atoms with Crippen molar-refractivity contribution in [3.05, 3.63) is 34.7 Å². The van der Waals surface area contributed by atoms with Gasteiger partial charge in [-0.3, -0.25) is 0 Å². The molecule has 0 bridgehead atoms. The Morgan fingerprint density at radius 3 is 2.69 bits per heavy atom. The Morgan fingerprint density at radius 2 is 2.09 bits per heavy atom. The molecule has 174 valence electrons. The highest BCUT2D eigenvalue weighted by Gasteiger charge is 2.27. The first-order valence-electron chi connectivity index (χ1n) is 9.01. The lowest BCUT2D eigenvalue weighted by atomic mass is 10.2. The number of halogens is 2. The molecule has 0 saturated heterocycles. The van der Waals surface area contributed by atoms with Gasteiger partial charge in [0.05, 0.1) is 12.1 Å². The zero-order chi connectivity index (χ0) is 23.9. The highest BCUT2D eigenvalue weighted by Crippen LogP contribution is 2.24. The van der Waals surface area contributed by atoms with Gasteiger partial charge in [-0.1, -0.05) is 28.5 Å². The van der Waals surface area contributed by atoms with Crippen LogP contribution in [0.3, 0.4) is 0 Å². The van der Waals surface area contributed by atoms with Gasteiger partial charge in [-0.25, -0.2) is 18.6 Å². The lowest BCUT2D eigenvalue weighted by Gasteiger charge is -2.22. The van der Waals surface area contributed by atoms with Crippen molar-refractivity contribution in [2.24, 2.45) is 5.16 Å². The van der Waals surface area contributed by atoms with E-state index >= 15 is 0 Å². The van der Waals surface area contributed by atoms with Gasteiger partial charge in [0, 0.05) is 11.4 Å². The van der Waals surface area contributed by atoms with Gasteiger partial charge in [-0.05, 0) is 49.3 Å². The number of amides is 1. The fraction of sp³-hybridized carbons (Fsp3) is 0.389. The number of carbonyl (C=O) groups is 2. The van der Waals surface area contributed by atoms with Crippen LogP contribution in [0.25, 0.3) is 0 Å². The summed E-state index contributed by atoms with van der Waals surface area (Å²) in [7, 11) is 1.17. The fourth-order valence-electron chi connectivity index (χ4n) is 2.18. The number of hydrogen-bond donors (Lipinski definition) is 3. The van der Waals surface area contributed by atoms with Crippen molar-refractivity contribution in [1.29, 1.82) is 0 Å². The Balaban J connectivity index is 2.12. The summed E-state index contributed by atoms with van der Waals surface area (Å²) in [5.74, 6) is -1.54. The maximum Gasteiger partial charge on any atom is 0.408 e. The topological polar surface area (TPSA) is 148 Å². The van der Waals surface area contributed by atoms with Gasteiger partial charge in [0.2, 0.25) is 5.84 Å². The molecule has 14 heteroatoms. The molecule has 1 unspecified atom stereocenters. The first-order valence-corrected chi connectivity index (χ1v) is 10.4. The SMILES string of the molecule is COC(=O)C(CSc1nonc1C(=NO)Nc1ccc(F)c(Cl)c1)NC(=O)OC(C)(C)C. The first-order chi connectivity index (χ1) is 15.0. The van der Waals surface area contributed by atoms with Crippen LogP contribution >= 0.6 is 23.4 Å². The second kappa shape index (κ2) is 11.0. The van der Waals surface area contributed by atoms with E-state index in [1.807, 2.05) is 0 Å². The average molecular weight is 490 g/mol. The summed E-state index contributed by atoms with van der Waals surface area (Å²) in [4.78, 5) is 24.1. The van der Waals surface area contributed by atoms with Gasteiger partial charge in [0.15, 0.2) is 10.7 Å². The maximum absolute atomic E-state index is 13.4. The minimum atomic E-state index is -1.08. The maximum atomic E-state index is 13.4. The minimum Gasteiger partial charge on any atom is -0.467 e. The van der Waals surface area contributed by atoms with Crippen molar-refractivity contribution in [2.45, 2.75) is 37.4 Å². The summed E-state index contributed by atoms with van der Waals surface area (Å²) in [6.45, 7) is 5.04. The van der Waals surface area contributed by atoms with Crippen LogP contribution in [0.5, 0.6) is 0 Å². The zero-order valence-corrected chi connectivity index (χ0v) is 19.1. The van der Waals surface area contributed by atoms with E-state index in [0.29, 0.717) is 5.69 Å². The number of carbonyl (C=O) groups excluding carboxylic acids is 2. The second-order valence-corrected chi connectivity index (χ2v) is 8.57. The van der Waals surface area contributed by atoms with E-state index in [1.54, 1.807) is 20.8 Å². The number of nitrogens with one attached hydrogen (secondary N) is 2. The zero-order valence-electron chi connectivity index (χ0n) is 17.5. The molecule has 1 amide bonds. The molecule has 3 N–H and O–H groups in total. The minimum absolute atomic E-state index is 0.00108. The normalized spacial score (nSPS) is 12.8. The van der Waals surface area contributed by atoms with E-state index in [0.717, 1.165) is 17.8 Å². The summed E-state index contributed by atoms with van der Waals surface area (Å²) in [5.41, 5.74) is -0.455. The van der Waals surface area contributed by atoms with Crippen molar-refractivity contribution in [3.8, 4) is 0 Å². The molecule has 0 aliphatic rings. The van der Waals surface area contributed by atoms with Crippen LogP contribution < -0.4 is 10.6 Å². The predicted molar refractivity (Wildman–Crippen MR) is 114 cm³/mol. The third-order valence-electron chi connectivity index (χ3n) is 3.53. The number of anilines is 1. The number of aromatic nitrogens is 2. The molecule has 0 saturated carbocycles. The molecule has 1 aromatic heterocycles. The van der Waals surface area contributed by atoms with Crippen molar-refractivity contribution in [3.63, 3.8) is 0 Å². The van der Waals surface area contributed by atoms with Crippen LogP contribution in [-0.2, 0) is 14.3 Å². The highest BCUT2D eigenvalue weighted by atomic mass is 35.5. The summed E-state index contributed by atoms with van der Waals surface area (Å²) in [5, 5.41) is 25.0. The van der Waals surface area contributed by atoms with Crippen LogP contribution in [0.2, 0.25) is 5.02 Å². The fourth-order valence-corrected chi connectivity index (χ4v) is 3.27. The number of oxime groups is 1. The van der Waals surface area contributed by atoms with E-state index in [4.69, 9.17) is 25.7 Å². The predicted octanol–water partition coefficient (Wildman–Crippen LogP) is 3.27. The Hall–Kier alpha value is -3.06. The quantitative estimate of drug-likeness (QED) is 0.132. The number of rotatable bonds is 7. The number of amidine groups is 1. The molecule has 0 fully saturated rings. The number of methoxy groups -OCH3 is 1. The van der Waals surface area contributed by atoms with E-state index < -0.39 is 29.5 Å². The highest BCUT2D eigenvalue weighted by molar-refractivity contribution is 7.99. The molecule has 11 nitrogen and oxygen atoms in total. The van der Waals surface area contributed by atoms with Gasteiger partial charge in [0.25, 0.3) is 0 Å². The number of alkyl carbamates (subject to hydrolysis) is 1. The van der Waals surface area contributed by atoms with Gasteiger partial charge < -0.3 is 25.3 Å². The van der Waals surface area contributed by atoms with Gasteiger partial charge in [0.1, 0.15) is 17.5 Å². The summed E-state index contributed by atoms with van der Waals surface area (Å²) < 4.78 is 27.9. The summed E-state index contributed by atoms with van der Waals surface area (Å²) in [6, 6.07) is 2.69. The van der Waals surface area contributed by atoms with Crippen molar-refractivity contribution < 1.29 is 33.3 Å². The molecular formula is C18H21ClFN5O6S. The van der Waals surface area contributed by atoms with Crippen LogP contribution in [0.4, 0.5) is 14.9 Å². The monoisotopic (exact) mass is 489 g/mol. The molecule has 0 radical (unpaired) electrons. The molecule has 0 spiro atoms. The van der Waals surface area contributed by atoms with Crippen molar-refractivity contribution in [1.82, 2.24) is 15.6 Å². The Labute approximate surface area is 191 Å². The van der Waals surface area contributed by atoms with Gasteiger partial charge >= 0.3 is 12.1 Å². The van der Waals surface area contributed by atoms with E-state index in [-0.39, 0.29) is 27.3 Å². The van der Waals surface area contributed by atoms with E-state index in [9.17, 15) is 19.2 Å². The van der Waals surface area contributed by atoms with Crippen LogP contribution in [0, 0.1) is 5.82 Å². The van der Waals surface area contributed by atoms with E-state index in [2.05, 4.69) is 26.1 Å². The smallest absolute Gasteiger partial charge is 0.408 e. The lowest BCUT2D eigenvalue weighted by molar-refractivity contribution is -0.142. The number of benzene rings is 1. The Morgan fingerprint density at radius 1 is 1.38 bits per heavy atom. The third-order valence-corrected chi connectivity index (χ3v) is 4.86. The standard InChI is InChI=1S/C18H21ClFN5O6S/c1-18(2,3)30-17(27)22-12(16(26)29-4)8-32-15-13(24-31-25-15)14(23-28)21-9-5-6-11(20)10(19)7-9/h5-7,12,28H,8H2,1-4H3,(H,21,23)(H,22,27). The largest absolute Gasteiger partial charge is 0.467 e. The first kappa shape index (κ1) is 25.2. The number of esters is 1. The van der Waals surface area contributed by atoms with Crippen molar-refractivity contribution in [2.75, 3.05) is 18.2 Å². The lowest BCUT2D eigenvalue weighted by Crippen LogP contribution is -2.45. The van der Waals surface area contributed by atoms with Crippen LogP contribution in [0.15, 0.2) is 33.0 Å². The molecule has 2 aromatic rings. The Kier molecular flexibility index (Phi) is 8.66. The molecule has 1 aromatic carbocycles. The molecule has 2 rings (SSSR count). The summed E-state index contributed by atoms with van der Waals surface area (Å²) >= 11 is 6.72. The third kappa shape index (κ3) is 7.27. The number of hydrogen-bond acceptors (Lipinski definition) is 10. The Bertz CT molecular complexity index is 996. The molecule has 0 aliphatic carbocycles. The number of thioether (sulfide) groups is 1. The summed E-state index contributed by atoms with van der Waals surface area (Å²) in [6.07, 6.45) is -0.806. The second-order valence-electron chi connectivity index (χ2n) is 7.15. The van der Waals surface area contributed by atoms with Crippen LogP contribution in [-0.4, -0.2) is 57.9 Å². The number of ether oxygens (including phenoxy) is 2.